The summed E-state index contributed by atoms with van der Waals surface area (Å²) in [6.45, 7) is 2.03. The Morgan fingerprint density at radius 2 is 1.97 bits per heavy atom. The summed E-state index contributed by atoms with van der Waals surface area (Å²) in [6.07, 6.45) is 4.08. The minimum atomic E-state index is -0.263. The third kappa shape index (κ3) is 4.32. The average Bonchev–Trinajstić information content (AvgIpc) is 3.14. The van der Waals surface area contributed by atoms with E-state index in [9.17, 15) is 14.4 Å². The summed E-state index contributed by atoms with van der Waals surface area (Å²) in [5, 5.41) is 8.91. The molecule has 0 saturated carbocycles. The lowest BCUT2D eigenvalue weighted by molar-refractivity contribution is -0.128. The van der Waals surface area contributed by atoms with Gasteiger partial charge in [0.15, 0.2) is 0 Å². The minimum Gasteiger partial charge on any atom is -0.356 e. The summed E-state index contributed by atoms with van der Waals surface area (Å²) in [5.41, 5.74) is 4.12. The van der Waals surface area contributed by atoms with Crippen LogP contribution in [0.2, 0.25) is 0 Å². The van der Waals surface area contributed by atoms with Crippen molar-refractivity contribution in [1.82, 2.24) is 10.6 Å². The number of anilines is 2. The minimum absolute atomic E-state index is 0.169. The Labute approximate surface area is 182 Å². The molecule has 1 spiro atoms. The van der Waals surface area contributed by atoms with Gasteiger partial charge < -0.3 is 20.9 Å². The average molecular weight is 421 g/mol. The first-order valence-corrected chi connectivity index (χ1v) is 10.7. The van der Waals surface area contributed by atoms with Gasteiger partial charge in [-0.05, 0) is 80.3 Å². The molecule has 2 aliphatic rings. The summed E-state index contributed by atoms with van der Waals surface area (Å²) in [7, 11) is 1.84. The lowest BCUT2D eigenvalue weighted by Gasteiger charge is -2.32. The van der Waals surface area contributed by atoms with Crippen molar-refractivity contribution >= 4 is 29.6 Å². The summed E-state index contributed by atoms with van der Waals surface area (Å²) >= 11 is 0. The van der Waals surface area contributed by atoms with Gasteiger partial charge >= 0.3 is 0 Å². The molecule has 1 saturated heterocycles. The third-order valence-corrected chi connectivity index (χ3v) is 6.43. The van der Waals surface area contributed by atoms with E-state index in [1.807, 2.05) is 37.4 Å². The van der Waals surface area contributed by atoms with Crippen LogP contribution in [0.1, 0.15) is 34.3 Å². The van der Waals surface area contributed by atoms with Gasteiger partial charge in [0.2, 0.25) is 12.3 Å². The molecule has 7 heteroatoms. The second-order valence-corrected chi connectivity index (χ2v) is 8.35. The normalized spacial score (nSPS) is 19.6. The number of benzene rings is 2. The molecule has 3 amide bonds. The third-order valence-electron chi connectivity index (χ3n) is 6.43. The lowest BCUT2D eigenvalue weighted by atomic mass is 9.70. The molecule has 0 radical (unpaired) electrons. The molecule has 1 aliphatic heterocycles. The molecular weight excluding hydrogens is 392 g/mol. The predicted octanol–water partition coefficient (Wildman–Crippen LogP) is 2.12. The lowest BCUT2D eigenvalue weighted by Crippen LogP contribution is -2.36. The highest BCUT2D eigenvalue weighted by atomic mass is 16.2. The zero-order valence-corrected chi connectivity index (χ0v) is 17.7. The van der Waals surface area contributed by atoms with Crippen molar-refractivity contribution in [2.75, 3.05) is 36.9 Å². The number of carbonyl (C=O) groups is 3. The van der Waals surface area contributed by atoms with E-state index in [4.69, 9.17) is 0 Å². The number of fused-ring (bicyclic) bond motifs is 1. The van der Waals surface area contributed by atoms with Gasteiger partial charge in [0.25, 0.3) is 5.91 Å². The fraction of sp³-hybridized carbons (Fsp3) is 0.375. The van der Waals surface area contributed by atoms with Crippen LogP contribution < -0.4 is 20.9 Å². The van der Waals surface area contributed by atoms with Gasteiger partial charge in [0.05, 0.1) is 5.41 Å². The van der Waals surface area contributed by atoms with Gasteiger partial charge in [-0.2, -0.15) is 0 Å². The summed E-state index contributed by atoms with van der Waals surface area (Å²) < 4.78 is 0. The highest BCUT2D eigenvalue weighted by Gasteiger charge is 2.44. The quantitative estimate of drug-likeness (QED) is 0.599. The Bertz CT molecular complexity index is 989. The predicted molar refractivity (Wildman–Crippen MR) is 120 cm³/mol. The Morgan fingerprint density at radius 1 is 1.16 bits per heavy atom. The maximum Gasteiger partial charge on any atom is 0.255 e. The van der Waals surface area contributed by atoms with Crippen molar-refractivity contribution < 1.29 is 14.4 Å². The number of rotatable bonds is 7. The number of nitrogens with one attached hydrogen (secondary N) is 3. The van der Waals surface area contributed by atoms with Gasteiger partial charge in [-0.1, -0.05) is 6.07 Å². The molecule has 0 aromatic heterocycles. The molecule has 31 heavy (non-hydrogen) atoms. The number of nitrogens with zero attached hydrogens (tertiary/aromatic N) is 1. The Kier molecular flexibility index (Phi) is 6.04. The molecule has 1 atom stereocenters. The summed E-state index contributed by atoms with van der Waals surface area (Å²) in [4.78, 5) is 37.9. The van der Waals surface area contributed by atoms with Crippen LogP contribution in [0.15, 0.2) is 42.5 Å². The highest BCUT2D eigenvalue weighted by Crippen LogP contribution is 2.41. The highest BCUT2D eigenvalue weighted by molar-refractivity contribution is 6.04. The summed E-state index contributed by atoms with van der Waals surface area (Å²) in [6, 6.07) is 13.0. The maximum atomic E-state index is 12.8. The van der Waals surface area contributed by atoms with Gasteiger partial charge in [-0.15, -0.1) is 0 Å². The van der Waals surface area contributed by atoms with E-state index in [2.05, 4.69) is 16.0 Å². The number of hydrogen-bond acceptors (Lipinski definition) is 4. The van der Waals surface area contributed by atoms with Crippen LogP contribution >= 0.6 is 0 Å². The topological polar surface area (TPSA) is 90.5 Å². The van der Waals surface area contributed by atoms with Gasteiger partial charge in [-0.3, -0.25) is 14.4 Å². The van der Waals surface area contributed by atoms with Crippen LogP contribution in [0, 0.1) is 5.41 Å². The molecule has 7 nitrogen and oxygen atoms in total. The number of carbonyl (C=O) groups excluding carboxylic acids is 3. The molecule has 0 bridgehead atoms. The van der Waals surface area contributed by atoms with E-state index in [1.165, 1.54) is 5.56 Å². The van der Waals surface area contributed by atoms with Crippen LogP contribution in [0.4, 0.5) is 11.4 Å². The SMILES string of the molecule is CNCCN(C=O)c1ccc(NC(=O)c2ccc3c(c2)CCC2(CCNC2=O)C3)cc1. The monoisotopic (exact) mass is 420 g/mol. The van der Waals surface area contributed by atoms with E-state index in [0.29, 0.717) is 24.3 Å². The van der Waals surface area contributed by atoms with Gasteiger partial charge in [0.1, 0.15) is 0 Å². The fourth-order valence-corrected chi connectivity index (χ4v) is 4.54. The van der Waals surface area contributed by atoms with E-state index in [-0.39, 0.29) is 17.2 Å². The Hall–Kier alpha value is -3.19. The largest absolute Gasteiger partial charge is 0.356 e. The van der Waals surface area contributed by atoms with Crippen molar-refractivity contribution in [1.29, 1.82) is 0 Å². The molecule has 1 aliphatic carbocycles. The Morgan fingerprint density at radius 3 is 2.65 bits per heavy atom. The fourth-order valence-electron chi connectivity index (χ4n) is 4.54. The second-order valence-electron chi connectivity index (χ2n) is 8.35. The summed E-state index contributed by atoms with van der Waals surface area (Å²) in [5.74, 6) is -0.000564. The van der Waals surface area contributed by atoms with Crippen LogP contribution in [0.25, 0.3) is 0 Å². The van der Waals surface area contributed by atoms with Gasteiger partial charge in [0, 0.05) is 36.6 Å². The Balaban J connectivity index is 1.42. The van der Waals surface area contributed by atoms with Crippen LogP contribution in [-0.2, 0) is 22.4 Å². The van der Waals surface area contributed by atoms with Crippen molar-refractivity contribution in [3.05, 3.63) is 59.2 Å². The first kappa shape index (κ1) is 21.1. The van der Waals surface area contributed by atoms with Gasteiger partial charge in [-0.25, -0.2) is 0 Å². The van der Waals surface area contributed by atoms with Crippen molar-refractivity contribution in [3.63, 3.8) is 0 Å². The molecule has 1 unspecified atom stereocenters. The smallest absolute Gasteiger partial charge is 0.255 e. The van der Waals surface area contributed by atoms with Crippen LogP contribution in [-0.4, -0.2) is 44.9 Å². The molecule has 1 fully saturated rings. The molecule has 4 rings (SSSR count). The number of likely N-dealkylation sites (N-methyl/N-ethyl adjacent to an activating group) is 1. The number of aryl methyl sites for hydroxylation is 1. The van der Waals surface area contributed by atoms with Crippen LogP contribution in [0.5, 0.6) is 0 Å². The van der Waals surface area contributed by atoms with E-state index >= 15 is 0 Å². The zero-order chi connectivity index (χ0) is 21.8. The van der Waals surface area contributed by atoms with E-state index in [1.54, 1.807) is 17.0 Å². The van der Waals surface area contributed by atoms with E-state index < -0.39 is 0 Å². The standard InChI is InChI=1S/C24H28N4O3/c1-25-12-13-28(16-29)21-6-4-20(5-7-21)27-22(30)18-2-3-19-15-24(9-8-17(19)14-18)10-11-26-23(24)31/h2-7,14,16,25H,8-13,15H2,1H3,(H,26,31)(H,27,30). The van der Waals surface area contributed by atoms with Crippen LogP contribution in [0.3, 0.4) is 0 Å². The van der Waals surface area contributed by atoms with Crippen molar-refractivity contribution in [2.45, 2.75) is 25.7 Å². The molecule has 1 heterocycles. The maximum absolute atomic E-state index is 12.8. The van der Waals surface area contributed by atoms with E-state index in [0.717, 1.165) is 49.9 Å². The van der Waals surface area contributed by atoms with Crippen molar-refractivity contribution in [2.24, 2.45) is 5.41 Å². The first-order valence-electron chi connectivity index (χ1n) is 10.7. The first-order chi connectivity index (χ1) is 15.0. The molecular formula is C24H28N4O3. The second kappa shape index (κ2) is 8.89. The van der Waals surface area contributed by atoms with Crippen molar-refractivity contribution in [3.8, 4) is 0 Å². The number of hydrogen-bond donors (Lipinski definition) is 3. The molecule has 2 aromatic carbocycles. The molecule has 3 N–H and O–H groups in total. The number of amides is 3. The molecule has 162 valence electrons. The zero-order valence-electron chi connectivity index (χ0n) is 17.7. The molecule has 2 aromatic rings.